The van der Waals surface area contributed by atoms with Crippen LogP contribution in [0.3, 0.4) is 0 Å². The molecule has 0 N–H and O–H groups in total. The molecule has 13 aromatic rings. The molecule has 0 radical (unpaired) electrons. The zero-order valence-corrected chi connectivity index (χ0v) is 35.4. The molecule has 0 aliphatic rings. The highest BCUT2D eigenvalue weighted by molar-refractivity contribution is 6.13. The van der Waals surface area contributed by atoms with Gasteiger partial charge >= 0.3 is 0 Å². The second-order valence-corrected chi connectivity index (χ2v) is 16.8. The van der Waals surface area contributed by atoms with Crippen LogP contribution in [0, 0.1) is 0 Å². The van der Waals surface area contributed by atoms with E-state index in [2.05, 4.69) is 246 Å². The Morgan fingerprint density at radius 2 is 0.846 bits per heavy atom. The van der Waals surface area contributed by atoms with E-state index in [1.807, 2.05) is 6.07 Å². The van der Waals surface area contributed by atoms with E-state index in [4.69, 9.17) is 4.42 Å². The molecule has 2 heterocycles. The van der Waals surface area contributed by atoms with Crippen molar-refractivity contribution >= 4 is 82.4 Å². The predicted molar refractivity (Wildman–Crippen MR) is 274 cm³/mol. The van der Waals surface area contributed by atoms with Crippen LogP contribution in [0.2, 0.25) is 0 Å². The third kappa shape index (κ3) is 6.05. The second kappa shape index (κ2) is 15.0. The first-order chi connectivity index (χ1) is 32.2. The molecule has 65 heavy (non-hydrogen) atoms. The van der Waals surface area contributed by atoms with Gasteiger partial charge in [0.2, 0.25) is 0 Å². The first-order valence-electron chi connectivity index (χ1n) is 22.2. The number of aromatic nitrogens is 1. The number of fused-ring (bicyclic) bond motifs is 9. The molecule has 0 saturated heterocycles. The summed E-state index contributed by atoms with van der Waals surface area (Å²) in [5, 5.41) is 9.66. The van der Waals surface area contributed by atoms with Crippen molar-refractivity contribution in [3.05, 3.63) is 243 Å². The van der Waals surface area contributed by atoms with Crippen LogP contribution in [0.25, 0.3) is 104 Å². The normalized spacial score (nSPS) is 11.7. The number of hydrogen-bond donors (Lipinski definition) is 0. The Kier molecular flexibility index (Phi) is 8.53. The van der Waals surface area contributed by atoms with Crippen LogP contribution in [-0.2, 0) is 0 Å². The summed E-state index contributed by atoms with van der Waals surface area (Å²) in [5.74, 6) is 0. The fourth-order valence-electron chi connectivity index (χ4n) is 10.2. The molecule has 11 aromatic carbocycles. The minimum absolute atomic E-state index is 0.890. The maximum Gasteiger partial charge on any atom is 0.143 e. The van der Waals surface area contributed by atoms with Crippen LogP contribution in [0.15, 0.2) is 247 Å². The van der Waals surface area contributed by atoms with Crippen LogP contribution in [0.4, 0.5) is 17.1 Å². The lowest BCUT2D eigenvalue weighted by atomic mass is 9.97. The molecule has 3 heteroatoms. The van der Waals surface area contributed by atoms with Crippen molar-refractivity contribution in [1.29, 1.82) is 0 Å². The molecular formula is C62H40N2O. The van der Waals surface area contributed by atoms with Gasteiger partial charge in [0, 0.05) is 49.6 Å². The van der Waals surface area contributed by atoms with Crippen molar-refractivity contribution in [2.75, 3.05) is 4.90 Å². The Morgan fingerprint density at radius 1 is 0.323 bits per heavy atom. The van der Waals surface area contributed by atoms with Gasteiger partial charge in [-0.2, -0.15) is 0 Å². The third-order valence-electron chi connectivity index (χ3n) is 13.2. The van der Waals surface area contributed by atoms with Gasteiger partial charge in [-0.25, -0.2) is 0 Å². The molecule has 0 amide bonds. The van der Waals surface area contributed by atoms with E-state index in [-0.39, 0.29) is 0 Å². The molecule has 0 atom stereocenters. The molecule has 0 aliphatic carbocycles. The fraction of sp³-hybridized carbons (Fsp3) is 0. The Morgan fingerprint density at radius 3 is 1.62 bits per heavy atom. The molecule has 0 spiro atoms. The van der Waals surface area contributed by atoms with Gasteiger partial charge in [0.25, 0.3) is 0 Å². The lowest BCUT2D eigenvalue weighted by Gasteiger charge is -2.28. The van der Waals surface area contributed by atoms with E-state index in [1.165, 1.54) is 60.2 Å². The summed E-state index contributed by atoms with van der Waals surface area (Å²) >= 11 is 0. The standard InChI is InChI=1S/C62H40N2O/c1-2-15-48-43(14-1)32-33-45-36-39-47(40-56(45)48)63(58-24-9-6-19-52(58)54-21-13-22-55-53-20-7-12-27-61(53)65-62(54)55)46-37-34-42(35-38-46)41-28-30-44(31-29-41)49-16-3-8-23-57(49)64-59-25-10-4-17-50(59)51-18-5-11-26-60(51)64/h1-40H. The van der Waals surface area contributed by atoms with E-state index < -0.39 is 0 Å². The van der Waals surface area contributed by atoms with Gasteiger partial charge in [0.1, 0.15) is 11.2 Å². The highest BCUT2D eigenvalue weighted by Gasteiger charge is 2.21. The van der Waals surface area contributed by atoms with E-state index in [9.17, 15) is 0 Å². The molecule has 0 fully saturated rings. The predicted octanol–water partition coefficient (Wildman–Crippen LogP) is 17.5. The minimum Gasteiger partial charge on any atom is -0.455 e. The lowest BCUT2D eigenvalue weighted by Crippen LogP contribution is -2.11. The zero-order valence-electron chi connectivity index (χ0n) is 35.4. The largest absolute Gasteiger partial charge is 0.455 e. The summed E-state index contributed by atoms with van der Waals surface area (Å²) in [5.41, 5.74) is 15.4. The summed E-state index contributed by atoms with van der Waals surface area (Å²) in [6, 6.07) is 87.7. The van der Waals surface area contributed by atoms with E-state index in [0.717, 1.165) is 61.3 Å². The van der Waals surface area contributed by atoms with Gasteiger partial charge in [-0.05, 0) is 92.8 Å². The summed E-state index contributed by atoms with van der Waals surface area (Å²) in [6.45, 7) is 0. The second-order valence-electron chi connectivity index (χ2n) is 16.8. The SMILES string of the molecule is c1ccc(N(c2ccc(-c3ccc(-c4ccccc4-n4c5ccccc5c5ccccc54)cc3)cc2)c2ccc3ccc4ccccc4c3c2)c(-c2cccc3c2oc2ccccc23)c1. The number of rotatable bonds is 7. The van der Waals surface area contributed by atoms with Crippen LogP contribution in [0.1, 0.15) is 0 Å². The number of benzene rings is 11. The van der Waals surface area contributed by atoms with Crippen molar-refractivity contribution < 1.29 is 4.42 Å². The lowest BCUT2D eigenvalue weighted by molar-refractivity contribution is 0.670. The first kappa shape index (κ1) is 36.9. The van der Waals surface area contributed by atoms with Crippen molar-refractivity contribution in [2.24, 2.45) is 0 Å². The van der Waals surface area contributed by atoms with Gasteiger partial charge in [0.05, 0.1) is 22.4 Å². The molecular weight excluding hydrogens is 789 g/mol. The number of furan rings is 1. The van der Waals surface area contributed by atoms with Crippen molar-refractivity contribution in [1.82, 2.24) is 4.57 Å². The Balaban J connectivity index is 0.918. The minimum atomic E-state index is 0.890. The number of anilines is 3. The van der Waals surface area contributed by atoms with Crippen molar-refractivity contribution in [3.63, 3.8) is 0 Å². The van der Waals surface area contributed by atoms with Crippen LogP contribution in [-0.4, -0.2) is 4.57 Å². The van der Waals surface area contributed by atoms with Gasteiger partial charge < -0.3 is 13.9 Å². The summed E-state index contributed by atoms with van der Waals surface area (Å²) in [7, 11) is 0. The summed E-state index contributed by atoms with van der Waals surface area (Å²) in [4.78, 5) is 2.40. The molecule has 2 aromatic heterocycles. The average molecular weight is 829 g/mol. The molecule has 0 unspecified atom stereocenters. The quantitative estimate of drug-likeness (QED) is 0.149. The van der Waals surface area contributed by atoms with Gasteiger partial charge in [-0.3, -0.25) is 0 Å². The average Bonchev–Trinajstić information content (AvgIpc) is 3.93. The molecule has 3 nitrogen and oxygen atoms in total. The molecule has 13 rings (SSSR count). The summed E-state index contributed by atoms with van der Waals surface area (Å²) < 4.78 is 9.04. The fourth-order valence-corrected chi connectivity index (χ4v) is 10.2. The highest BCUT2D eigenvalue weighted by atomic mass is 16.3. The molecule has 0 bridgehead atoms. The van der Waals surface area contributed by atoms with Crippen LogP contribution in [0.5, 0.6) is 0 Å². The van der Waals surface area contributed by atoms with Crippen molar-refractivity contribution in [3.8, 4) is 39.1 Å². The molecule has 304 valence electrons. The molecule has 0 aliphatic heterocycles. The van der Waals surface area contributed by atoms with Gasteiger partial charge in [0.15, 0.2) is 0 Å². The van der Waals surface area contributed by atoms with E-state index in [0.29, 0.717) is 0 Å². The Hall–Kier alpha value is -8.66. The number of para-hydroxylation sites is 6. The van der Waals surface area contributed by atoms with E-state index in [1.54, 1.807) is 0 Å². The maximum atomic E-state index is 6.63. The smallest absolute Gasteiger partial charge is 0.143 e. The topological polar surface area (TPSA) is 21.3 Å². The number of nitrogens with zero attached hydrogens (tertiary/aromatic N) is 2. The number of hydrogen-bond acceptors (Lipinski definition) is 2. The highest BCUT2D eigenvalue weighted by Crippen LogP contribution is 2.46. The Labute approximate surface area is 376 Å². The molecule has 0 saturated carbocycles. The van der Waals surface area contributed by atoms with Crippen LogP contribution < -0.4 is 4.90 Å². The zero-order chi connectivity index (χ0) is 42.8. The monoisotopic (exact) mass is 828 g/mol. The van der Waals surface area contributed by atoms with Crippen molar-refractivity contribution in [2.45, 2.75) is 0 Å². The Bertz CT molecular complexity index is 3900. The summed E-state index contributed by atoms with van der Waals surface area (Å²) in [6.07, 6.45) is 0. The third-order valence-corrected chi connectivity index (χ3v) is 13.2. The van der Waals surface area contributed by atoms with Gasteiger partial charge in [-0.15, -0.1) is 0 Å². The van der Waals surface area contributed by atoms with Gasteiger partial charge in [-0.1, -0.05) is 188 Å². The first-order valence-corrected chi connectivity index (χ1v) is 22.2. The maximum absolute atomic E-state index is 6.63. The van der Waals surface area contributed by atoms with E-state index >= 15 is 0 Å². The van der Waals surface area contributed by atoms with Crippen LogP contribution >= 0.6 is 0 Å².